The molecule has 6 nitrogen and oxygen atoms in total. The van der Waals surface area contributed by atoms with Crippen molar-refractivity contribution in [3.05, 3.63) is 23.9 Å². The Balaban J connectivity index is 1.81. The topological polar surface area (TPSA) is 66.8 Å². The van der Waals surface area contributed by atoms with Gasteiger partial charge in [-0.25, -0.2) is 9.97 Å². The van der Waals surface area contributed by atoms with E-state index in [0.29, 0.717) is 12.3 Å². The van der Waals surface area contributed by atoms with E-state index in [1.807, 2.05) is 31.1 Å². The van der Waals surface area contributed by atoms with Gasteiger partial charge < -0.3 is 14.5 Å². The molecule has 3 rings (SSSR count). The van der Waals surface area contributed by atoms with E-state index in [2.05, 4.69) is 26.4 Å². The van der Waals surface area contributed by atoms with Crippen molar-refractivity contribution in [3.8, 4) is 11.5 Å². The van der Waals surface area contributed by atoms with Gasteiger partial charge >= 0.3 is 0 Å². The second-order valence-electron chi connectivity index (χ2n) is 5.92. The molecule has 0 bridgehead atoms. The number of H-pyrrole nitrogens is 1. The van der Waals surface area contributed by atoms with Gasteiger partial charge in [0.25, 0.3) is 0 Å². The van der Waals surface area contributed by atoms with E-state index in [4.69, 9.17) is 0 Å². The Hall–Kier alpha value is -2.11. The molecule has 1 N–H and O–H groups in total. The highest BCUT2D eigenvalue weighted by Crippen LogP contribution is 2.24. The quantitative estimate of drug-likeness (QED) is 0.918. The Morgan fingerprint density at radius 3 is 2.86 bits per heavy atom. The lowest BCUT2D eigenvalue weighted by Gasteiger charge is -2.15. The van der Waals surface area contributed by atoms with Crippen LogP contribution in [-0.4, -0.2) is 43.4 Å². The first kappa shape index (κ1) is 14.8. The number of imidazole rings is 2. The van der Waals surface area contributed by atoms with E-state index in [1.54, 1.807) is 0 Å². The van der Waals surface area contributed by atoms with Gasteiger partial charge in [-0.2, -0.15) is 0 Å². The predicted molar refractivity (Wildman–Crippen MR) is 84.3 cm³/mol. The molecular formula is C16H23N5O. The molecule has 1 aliphatic rings. The SMILES string of the molecule is CCc1nc(-c2nccn2C[C@@H]2CC(=O)N(CC)C2)c(C)[nH]1. The number of carbonyl (C=O) groups is 1. The summed E-state index contributed by atoms with van der Waals surface area (Å²) in [6, 6.07) is 0. The van der Waals surface area contributed by atoms with Crippen molar-refractivity contribution in [2.45, 2.75) is 40.2 Å². The third-order valence-electron chi connectivity index (χ3n) is 4.33. The van der Waals surface area contributed by atoms with E-state index >= 15 is 0 Å². The molecule has 1 saturated heterocycles. The summed E-state index contributed by atoms with van der Waals surface area (Å²) in [6.45, 7) is 8.58. The molecule has 1 atom stereocenters. The summed E-state index contributed by atoms with van der Waals surface area (Å²) < 4.78 is 2.12. The molecule has 1 fully saturated rings. The number of hydrogen-bond acceptors (Lipinski definition) is 3. The van der Waals surface area contributed by atoms with Crippen molar-refractivity contribution in [2.75, 3.05) is 13.1 Å². The lowest BCUT2D eigenvalue weighted by Crippen LogP contribution is -2.25. The molecule has 3 heterocycles. The monoisotopic (exact) mass is 301 g/mol. The highest BCUT2D eigenvalue weighted by molar-refractivity contribution is 5.78. The average Bonchev–Trinajstić information content (AvgIpc) is 3.18. The van der Waals surface area contributed by atoms with Crippen LogP contribution in [0, 0.1) is 12.8 Å². The molecule has 2 aromatic rings. The fourth-order valence-corrected chi connectivity index (χ4v) is 3.14. The summed E-state index contributed by atoms with van der Waals surface area (Å²) in [5.41, 5.74) is 1.96. The van der Waals surface area contributed by atoms with E-state index < -0.39 is 0 Å². The predicted octanol–water partition coefficient (Wildman–Crippen LogP) is 2.01. The van der Waals surface area contributed by atoms with Crippen LogP contribution in [0.4, 0.5) is 0 Å². The summed E-state index contributed by atoms with van der Waals surface area (Å²) in [5, 5.41) is 0. The highest BCUT2D eigenvalue weighted by Gasteiger charge is 2.29. The second kappa shape index (κ2) is 5.94. The fraction of sp³-hybridized carbons (Fsp3) is 0.562. The van der Waals surface area contributed by atoms with Gasteiger partial charge in [0, 0.05) is 56.5 Å². The van der Waals surface area contributed by atoms with Crippen LogP contribution in [0.1, 0.15) is 31.8 Å². The number of likely N-dealkylation sites (tertiary alicyclic amines) is 1. The zero-order valence-electron chi connectivity index (χ0n) is 13.5. The minimum Gasteiger partial charge on any atom is -0.345 e. The first-order valence-corrected chi connectivity index (χ1v) is 7.97. The number of nitrogens with one attached hydrogen (secondary N) is 1. The molecule has 118 valence electrons. The van der Waals surface area contributed by atoms with Gasteiger partial charge in [0.2, 0.25) is 5.91 Å². The zero-order chi connectivity index (χ0) is 15.7. The lowest BCUT2D eigenvalue weighted by atomic mass is 10.1. The standard InChI is InChI=1S/C16H23N5O/c1-4-13-18-11(3)15(19-13)16-17-6-7-21(16)10-12-8-14(22)20(5-2)9-12/h6-7,12H,4-5,8-10H2,1-3H3,(H,18,19)/t12-/m1/s1. The van der Waals surface area contributed by atoms with E-state index in [1.165, 1.54) is 0 Å². The molecular weight excluding hydrogens is 278 g/mol. The number of hydrogen-bond donors (Lipinski definition) is 1. The van der Waals surface area contributed by atoms with Crippen LogP contribution >= 0.6 is 0 Å². The van der Waals surface area contributed by atoms with Crippen molar-refractivity contribution in [2.24, 2.45) is 5.92 Å². The summed E-state index contributed by atoms with van der Waals surface area (Å²) >= 11 is 0. The minimum atomic E-state index is 0.262. The van der Waals surface area contributed by atoms with Gasteiger partial charge in [0.15, 0.2) is 5.82 Å². The van der Waals surface area contributed by atoms with Crippen molar-refractivity contribution in [1.82, 2.24) is 24.4 Å². The molecule has 0 aromatic carbocycles. The smallest absolute Gasteiger partial charge is 0.222 e. The van der Waals surface area contributed by atoms with Gasteiger partial charge in [-0.05, 0) is 13.8 Å². The average molecular weight is 301 g/mol. The van der Waals surface area contributed by atoms with Gasteiger partial charge in [-0.3, -0.25) is 4.79 Å². The Bertz CT molecular complexity index is 672. The van der Waals surface area contributed by atoms with Crippen LogP contribution in [-0.2, 0) is 17.8 Å². The van der Waals surface area contributed by atoms with Crippen LogP contribution in [0.3, 0.4) is 0 Å². The normalized spacial score (nSPS) is 18.4. The Morgan fingerprint density at radius 1 is 1.41 bits per heavy atom. The summed E-state index contributed by atoms with van der Waals surface area (Å²) in [7, 11) is 0. The van der Waals surface area contributed by atoms with Gasteiger partial charge in [-0.15, -0.1) is 0 Å². The summed E-state index contributed by atoms with van der Waals surface area (Å²) in [6.07, 6.45) is 5.30. The number of rotatable bonds is 5. The zero-order valence-corrected chi connectivity index (χ0v) is 13.5. The number of aromatic amines is 1. The van der Waals surface area contributed by atoms with Crippen LogP contribution in [0.2, 0.25) is 0 Å². The Morgan fingerprint density at radius 2 is 2.23 bits per heavy atom. The summed E-state index contributed by atoms with van der Waals surface area (Å²) in [4.78, 5) is 26.2. The largest absolute Gasteiger partial charge is 0.345 e. The van der Waals surface area contributed by atoms with E-state index in [-0.39, 0.29) is 5.91 Å². The maximum absolute atomic E-state index is 11.9. The Kier molecular flexibility index (Phi) is 4.00. The van der Waals surface area contributed by atoms with Gasteiger partial charge in [-0.1, -0.05) is 6.92 Å². The second-order valence-corrected chi connectivity index (χ2v) is 5.92. The van der Waals surface area contributed by atoms with Crippen molar-refractivity contribution < 1.29 is 4.79 Å². The molecule has 2 aromatic heterocycles. The first-order chi connectivity index (χ1) is 10.6. The van der Waals surface area contributed by atoms with Gasteiger partial charge in [0.1, 0.15) is 11.5 Å². The van der Waals surface area contributed by atoms with Crippen molar-refractivity contribution in [1.29, 1.82) is 0 Å². The first-order valence-electron chi connectivity index (χ1n) is 7.97. The molecule has 0 radical (unpaired) electrons. The maximum Gasteiger partial charge on any atom is 0.222 e. The number of aryl methyl sites for hydroxylation is 2. The molecule has 22 heavy (non-hydrogen) atoms. The number of aromatic nitrogens is 4. The maximum atomic E-state index is 11.9. The molecule has 0 unspecified atom stereocenters. The van der Waals surface area contributed by atoms with Crippen LogP contribution in [0.5, 0.6) is 0 Å². The van der Waals surface area contributed by atoms with Crippen LogP contribution < -0.4 is 0 Å². The third-order valence-corrected chi connectivity index (χ3v) is 4.33. The highest BCUT2D eigenvalue weighted by atomic mass is 16.2. The van der Waals surface area contributed by atoms with Crippen molar-refractivity contribution >= 4 is 5.91 Å². The van der Waals surface area contributed by atoms with E-state index in [0.717, 1.165) is 49.1 Å². The third kappa shape index (κ3) is 2.65. The molecule has 0 aliphatic carbocycles. The number of carbonyl (C=O) groups excluding carboxylic acids is 1. The minimum absolute atomic E-state index is 0.262. The molecule has 1 amide bonds. The number of amides is 1. The Labute approximate surface area is 130 Å². The molecule has 6 heteroatoms. The van der Waals surface area contributed by atoms with Crippen molar-refractivity contribution in [3.63, 3.8) is 0 Å². The number of nitrogens with zero attached hydrogens (tertiary/aromatic N) is 4. The molecule has 0 saturated carbocycles. The molecule has 0 spiro atoms. The molecule has 1 aliphatic heterocycles. The van der Waals surface area contributed by atoms with Crippen LogP contribution in [0.25, 0.3) is 11.5 Å². The lowest BCUT2D eigenvalue weighted by molar-refractivity contribution is -0.127. The fourth-order valence-electron chi connectivity index (χ4n) is 3.14. The van der Waals surface area contributed by atoms with E-state index in [9.17, 15) is 4.79 Å². The van der Waals surface area contributed by atoms with Gasteiger partial charge in [0.05, 0.1) is 0 Å². The van der Waals surface area contributed by atoms with Crippen LogP contribution in [0.15, 0.2) is 12.4 Å². The summed E-state index contributed by atoms with van der Waals surface area (Å²) in [5.74, 6) is 2.48.